The molecule has 0 aliphatic carbocycles. The maximum atomic E-state index is 9.51. The van der Waals surface area contributed by atoms with Gasteiger partial charge in [0, 0.05) is 5.41 Å². The molecule has 0 spiro atoms. The average Bonchev–Trinajstić information content (AvgIpc) is 1.99. The molecule has 0 radical (unpaired) electrons. The van der Waals surface area contributed by atoms with Gasteiger partial charge in [0.05, 0.1) is 12.2 Å². The summed E-state index contributed by atoms with van der Waals surface area (Å²) in [6, 6.07) is 0. The molecule has 2 heteroatoms. The quantitative estimate of drug-likeness (QED) is 0.668. The highest BCUT2D eigenvalue weighted by atomic mass is 16.3. The fraction of sp³-hybridized carbons (Fsp3) is 1.00. The molecular formula is C10H22O2. The molecule has 0 rings (SSSR count). The summed E-state index contributed by atoms with van der Waals surface area (Å²) in [4.78, 5) is 0. The molecule has 0 aliphatic rings. The molecule has 0 saturated heterocycles. The molecule has 74 valence electrons. The van der Waals surface area contributed by atoms with Crippen LogP contribution in [0.4, 0.5) is 0 Å². The van der Waals surface area contributed by atoms with Gasteiger partial charge in [-0.25, -0.2) is 0 Å². The molecule has 0 heterocycles. The lowest BCUT2D eigenvalue weighted by molar-refractivity contribution is -0.0481. The van der Waals surface area contributed by atoms with Gasteiger partial charge in [0.1, 0.15) is 0 Å². The van der Waals surface area contributed by atoms with E-state index in [0.717, 1.165) is 19.3 Å². The molecule has 12 heavy (non-hydrogen) atoms. The summed E-state index contributed by atoms with van der Waals surface area (Å²) < 4.78 is 0. The highest BCUT2D eigenvalue weighted by molar-refractivity contribution is 4.84. The van der Waals surface area contributed by atoms with E-state index in [2.05, 4.69) is 6.92 Å². The minimum Gasteiger partial charge on any atom is -0.393 e. The van der Waals surface area contributed by atoms with Crippen molar-refractivity contribution in [3.63, 3.8) is 0 Å². The molecule has 2 atom stereocenters. The first-order chi connectivity index (χ1) is 5.45. The molecule has 0 aromatic rings. The first kappa shape index (κ1) is 11.9. The molecule has 0 saturated carbocycles. The number of rotatable bonds is 5. The molecule has 0 amide bonds. The molecule has 2 unspecified atom stereocenters. The zero-order valence-corrected chi connectivity index (χ0v) is 8.67. The second-order valence-electron chi connectivity index (χ2n) is 3.96. The van der Waals surface area contributed by atoms with E-state index >= 15 is 0 Å². The van der Waals surface area contributed by atoms with Gasteiger partial charge in [0.25, 0.3) is 0 Å². The van der Waals surface area contributed by atoms with Gasteiger partial charge >= 0.3 is 0 Å². The van der Waals surface area contributed by atoms with Crippen molar-refractivity contribution in [2.45, 2.75) is 59.2 Å². The van der Waals surface area contributed by atoms with Gasteiger partial charge in [0.2, 0.25) is 0 Å². The minimum absolute atomic E-state index is 0.337. The van der Waals surface area contributed by atoms with Crippen molar-refractivity contribution in [3.8, 4) is 0 Å². The van der Waals surface area contributed by atoms with E-state index in [4.69, 9.17) is 0 Å². The van der Waals surface area contributed by atoms with Crippen molar-refractivity contribution in [3.05, 3.63) is 0 Å². The third-order valence-corrected chi connectivity index (χ3v) is 2.98. The second kappa shape index (κ2) is 4.83. The highest BCUT2D eigenvalue weighted by Crippen LogP contribution is 2.32. The molecule has 2 nitrogen and oxygen atoms in total. The highest BCUT2D eigenvalue weighted by Gasteiger charge is 2.34. The Morgan fingerprint density at radius 1 is 1.17 bits per heavy atom. The van der Waals surface area contributed by atoms with Crippen molar-refractivity contribution in [1.82, 2.24) is 0 Å². The van der Waals surface area contributed by atoms with Gasteiger partial charge in [-0.1, -0.05) is 26.7 Å². The summed E-state index contributed by atoms with van der Waals surface area (Å²) in [5, 5.41) is 19.0. The lowest BCUT2D eigenvalue weighted by atomic mass is 9.76. The predicted molar refractivity (Wildman–Crippen MR) is 51.0 cm³/mol. The van der Waals surface area contributed by atoms with Crippen LogP contribution in [0.2, 0.25) is 0 Å². The van der Waals surface area contributed by atoms with E-state index in [-0.39, 0.29) is 5.41 Å². The van der Waals surface area contributed by atoms with Crippen molar-refractivity contribution < 1.29 is 10.2 Å². The Morgan fingerprint density at radius 3 is 1.83 bits per heavy atom. The topological polar surface area (TPSA) is 40.5 Å². The second-order valence-corrected chi connectivity index (χ2v) is 3.96. The van der Waals surface area contributed by atoms with Gasteiger partial charge in [-0.2, -0.15) is 0 Å². The minimum atomic E-state index is -0.441. The molecule has 2 N–H and O–H groups in total. The summed E-state index contributed by atoms with van der Waals surface area (Å²) in [7, 11) is 0. The molecule has 0 aromatic carbocycles. The summed E-state index contributed by atoms with van der Waals surface area (Å²) in [6.07, 6.45) is 2.17. The zero-order chi connectivity index (χ0) is 9.78. The standard InChI is InChI=1S/C10H22O2/c1-5-6-7-10(4,8(2)11)9(3)12/h8-9,11-12H,5-7H2,1-4H3. The SMILES string of the molecule is CCCCC(C)(C(C)O)C(C)O. The van der Waals surface area contributed by atoms with Gasteiger partial charge in [0.15, 0.2) is 0 Å². The fourth-order valence-electron chi connectivity index (χ4n) is 1.32. The zero-order valence-electron chi connectivity index (χ0n) is 8.67. The van der Waals surface area contributed by atoms with Gasteiger partial charge in [-0.15, -0.1) is 0 Å². The maximum Gasteiger partial charge on any atom is 0.0590 e. The molecule has 0 fully saturated rings. The van der Waals surface area contributed by atoms with Crippen LogP contribution in [0.3, 0.4) is 0 Å². The van der Waals surface area contributed by atoms with Gasteiger partial charge < -0.3 is 10.2 Å². The molecule has 0 aromatic heterocycles. The first-order valence-corrected chi connectivity index (χ1v) is 4.81. The Balaban J connectivity index is 4.19. The predicted octanol–water partition coefficient (Wildman–Crippen LogP) is 1.94. The largest absolute Gasteiger partial charge is 0.393 e. The Labute approximate surface area is 75.6 Å². The molecular weight excluding hydrogens is 152 g/mol. The first-order valence-electron chi connectivity index (χ1n) is 4.81. The van der Waals surface area contributed by atoms with Crippen LogP contribution in [0.1, 0.15) is 47.0 Å². The number of hydrogen-bond acceptors (Lipinski definition) is 2. The Morgan fingerprint density at radius 2 is 1.58 bits per heavy atom. The van der Waals surface area contributed by atoms with E-state index in [0.29, 0.717) is 0 Å². The van der Waals surface area contributed by atoms with E-state index in [9.17, 15) is 10.2 Å². The van der Waals surface area contributed by atoms with Crippen LogP contribution in [0, 0.1) is 5.41 Å². The van der Waals surface area contributed by atoms with E-state index in [1.54, 1.807) is 13.8 Å². The van der Waals surface area contributed by atoms with Crippen LogP contribution in [0.5, 0.6) is 0 Å². The van der Waals surface area contributed by atoms with Gasteiger partial charge in [-0.3, -0.25) is 0 Å². The smallest absolute Gasteiger partial charge is 0.0590 e. The van der Waals surface area contributed by atoms with Crippen LogP contribution < -0.4 is 0 Å². The van der Waals surface area contributed by atoms with E-state index in [1.165, 1.54) is 0 Å². The van der Waals surface area contributed by atoms with Crippen LogP contribution in [-0.2, 0) is 0 Å². The number of aliphatic hydroxyl groups excluding tert-OH is 2. The van der Waals surface area contributed by atoms with Crippen molar-refractivity contribution in [2.75, 3.05) is 0 Å². The lowest BCUT2D eigenvalue weighted by Gasteiger charge is -2.35. The summed E-state index contributed by atoms with van der Waals surface area (Å²) in [5.74, 6) is 0. The normalized spacial score (nSPS) is 21.5. The average molecular weight is 174 g/mol. The van der Waals surface area contributed by atoms with Crippen molar-refractivity contribution in [2.24, 2.45) is 5.41 Å². The van der Waals surface area contributed by atoms with Crippen molar-refractivity contribution in [1.29, 1.82) is 0 Å². The maximum absolute atomic E-state index is 9.51. The summed E-state index contributed by atoms with van der Waals surface area (Å²) in [6.45, 7) is 7.56. The monoisotopic (exact) mass is 174 g/mol. The third-order valence-electron chi connectivity index (χ3n) is 2.98. The van der Waals surface area contributed by atoms with Crippen LogP contribution >= 0.6 is 0 Å². The summed E-state index contributed by atoms with van der Waals surface area (Å²) >= 11 is 0. The Hall–Kier alpha value is -0.0800. The fourth-order valence-corrected chi connectivity index (χ4v) is 1.32. The third kappa shape index (κ3) is 2.76. The number of unbranched alkanes of at least 4 members (excludes halogenated alkanes) is 1. The number of hydrogen-bond donors (Lipinski definition) is 2. The van der Waals surface area contributed by atoms with Gasteiger partial charge in [-0.05, 0) is 20.3 Å². The van der Waals surface area contributed by atoms with E-state index < -0.39 is 12.2 Å². The summed E-state index contributed by atoms with van der Waals surface area (Å²) in [5.41, 5.74) is -0.337. The molecule has 0 bridgehead atoms. The lowest BCUT2D eigenvalue weighted by Crippen LogP contribution is -2.39. The Kier molecular flexibility index (Phi) is 4.80. The number of aliphatic hydroxyl groups is 2. The van der Waals surface area contributed by atoms with E-state index in [1.807, 2.05) is 6.92 Å². The van der Waals surface area contributed by atoms with Crippen LogP contribution in [0.25, 0.3) is 0 Å². The Bertz CT molecular complexity index is 111. The van der Waals surface area contributed by atoms with Crippen LogP contribution in [0.15, 0.2) is 0 Å². The van der Waals surface area contributed by atoms with Crippen molar-refractivity contribution >= 4 is 0 Å². The van der Waals surface area contributed by atoms with Crippen LogP contribution in [-0.4, -0.2) is 22.4 Å². The molecule has 0 aliphatic heterocycles.